The second kappa shape index (κ2) is 5.27. The van der Waals surface area contributed by atoms with Crippen molar-refractivity contribution in [3.8, 4) is 0 Å². The molecule has 1 saturated carbocycles. The molecule has 0 aliphatic heterocycles. The van der Waals surface area contributed by atoms with Gasteiger partial charge in [-0.3, -0.25) is 0 Å². The molecule has 3 rings (SSSR count). The summed E-state index contributed by atoms with van der Waals surface area (Å²) in [7, 11) is 0. The number of carboxylic acids is 1. The quantitative estimate of drug-likeness (QED) is 0.844. The third-order valence-electron chi connectivity index (χ3n) is 4.50. The fourth-order valence-corrected chi connectivity index (χ4v) is 3.31. The summed E-state index contributed by atoms with van der Waals surface area (Å²) < 4.78 is 2.19. The molecular weight excluding hydrogens is 252 g/mol. The zero-order chi connectivity index (χ0) is 14.1. The van der Waals surface area contributed by atoms with Crippen LogP contribution in [0.2, 0.25) is 0 Å². The minimum Gasteiger partial charge on any atom is -0.478 e. The van der Waals surface area contributed by atoms with E-state index in [-0.39, 0.29) is 0 Å². The lowest BCUT2D eigenvalue weighted by molar-refractivity contribution is 0.0697. The first-order valence-electron chi connectivity index (χ1n) is 7.36. The molecule has 4 heteroatoms. The van der Waals surface area contributed by atoms with E-state index in [1.54, 1.807) is 18.2 Å². The van der Waals surface area contributed by atoms with E-state index in [1.165, 1.54) is 25.7 Å². The Morgan fingerprint density at radius 3 is 2.90 bits per heavy atom. The van der Waals surface area contributed by atoms with Crippen LogP contribution < -0.4 is 0 Å². The minimum absolute atomic E-state index is 0.334. The highest BCUT2D eigenvalue weighted by Gasteiger charge is 2.23. The Morgan fingerprint density at radius 1 is 1.30 bits per heavy atom. The third kappa shape index (κ3) is 2.30. The summed E-state index contributed by atoms with van der Waals surface area (Å²) in [5, 5.41) is 9.15. The van der Waals surface area contributed by atoms with E-state index in [0.29, 0.717) is 17.5 Å². The second-order valence-electron chi connectivity index (χ2n) is 5.84. The van der Waals surface area contributed by atoms with Crippen molar-refractivity contribution in [2.75, 3.05) is 0 Å². The highest BCUT2D eigenvalue weighted by Crippen LogP contribution is 2.34. The molecule has 0 radical (unpaired) electrons. The van der Waals surface area contributed by atoms with Crippen LogP contribution in [-0.4, -0.2) is 20.6 Å². The van der Waals surface area contributed by atoms with Crippen molar-refractivity contribution in [2.45, 2.75) is 45.1 Å². The van der Waals surface area contributed by atoms with Crippen LogP contribution in [-0.2, 0) is 0 Å². The Labute approximate surface area is 118 Å². The Morgan fingerprint density at radius 2 is 2.10 bits per heavy atom. The molecule has 2 atom stereocenters. The maximum Gasteiger partial charge on any atom is 0.335 e. The lowest BCUT2D eigenvalue weighted by Crippen LogP contribution is -2.15. The summed E-state index contributed by atoms with van der Waals surface area (Å²) in [4.78, 5) is 15.6. The molecule has 1 aromatic carbocycles. The monoisotopic (exact) mass is 272 g/mol. The molecule has 0 saturated heterocycles. The van der Waals surface area contributed by atoms with E-state index in [2.05, 4.69) is 16.5 Å². The number of fused-ring (bicyclic) bond motifs is 1. The number of nitrogens with zero attached hydrogens (tertiary/aromatic N) is 2. The van der Waals surface area contributed by atoms with E-state index in [0.717, 1.165) is 17.5 Å². The van der Waals surface area contributed by atoms with Gasteiger partial charge in [-0.05, 0) is 37.0 Å². The van der Waals surface area contributed by atoms with E-state index < -0.39 is 5.97 Å². The highest BCUT2D eigenvalue weighted by molar-refractivity contribution is 5.92. The fourth-order valence-electron chi connectivity index (χ4n) is 3.31. The maximum absolute atomic E-state index is 11.1. The van der Waals surface area contributed by atoms with Gasteiger partial charge in [-0.2, -0.15) is 0 Å². The number of benzene rings is 1. The molecule has 0 bridgehead atoms. The molecule has 0 amide bonds. The van der Waals surface area contributed by atoms with Crippen LogP contribution in [0.3, 0.4) is 0 Å². The lowest BCUT2D eigenvalue weighted by Gasteiger charge is -2.23. The summed E-state index contributed by atoms with van der Waals surface area (Å²) in [6.07, 6.45) is 8.11. The van der Waals surface area contributed by atoms with Gasteiger partial charge in [0, 0.05) is 6.04 Å². The van der Waals surface area contributed by atoms with Gasteiger partial charge < -0.3 is 9.67 Å². The average molecular weight is 272 g/mol. The van der Waals surface area contributed by atoms with Gasteiger partial charge in [-0.25, -0.2) is 9.78 Å². The van der Waals surface area contributed by atoms with E-state index >= 15 is 0 Å². The van der Waals surface area contributed by atoms with Crippen LogP contribution in [0, 0.1) is 5.92 Å². The smallest absolute Gasteiger partial charge is 0.335 e. The topological polar surface area (TPSA) is 55.1 Å². The van der Waals surface area contributed by atoms with E-state index in [4.69, 9.17) is 5.11 Å². The predicted molar refractivity (Wildman–Crippen MR) is 78.0 cm³/mol. The van der Waals surface area contributed by atoms with Gasteiger partial charge in [0.15, 0.2) is 0 Å². The van der Waals surface area contributed by atoms with E-state index in [9.17, 15) is 4.79 Å². The molecule has 0 spiro atoms. The average Bonchev–Trinajstić information content (AvgIpc) is 2.73. The molecule has 1 N–H and O–H groups in total. The van der Waals surface area contributed by atoms with Crippen LogP contribution in [0.15, 0.2) is 24.5 Å². The molecule has 2 unspecified atom stereocenters. The highest BCUT2D eigenvalue weighted by atomic mass is 16.4. The first kappa shape index (κ1) is 13.2. The summed E-state index contributed by atoms with van der Waals surface area (Å²) in [5.41, 5.74) is 2.16. The van der Waals surface area contributed by atoms with Gasteiger partial charge in [0.05, 0.1) is 22.9 Å². The van der Waals surface area contributed by atoms with Crippen molar-refractivity contribution in [2.24, 2.45) is 5.92 Å². The maximum atomic E-state index is 11.1. The molecule has 1 aromatic heterocycles. The van der Waals surface area contributed by atoms with Gasteiger partial charge in [0.25, 0.3) is 0 Å². The minimum atomic E-state index is -0.881. The first-order chi connectivity index (χ1) is 9.66. The van der Waals surface area contributed by atoms with E-state index in [1.807, 2.05) is 6.33 Å². The summed E-state index contributed by atoms with van der Waals surface area (Å²) in [6, 6.07) is 5.61. The second-order valence-corrected chi connectivity index (χ2v) is 5.84. The van der Waals surface area contributed by atoms with Gasteiger partial charge in [-0.15, -0.1) is 0 Å². The molecule has 2 aromatic rings. The van der Waals surface area contributed by atoms with Gasteiger partial charge in [-0.1, -0.05) is 26.2 Å². The van der Waals surface area contributed by atoms with Gasteiger partial charge >= 0.3 is 5.97 Å². The Kier molecular flexibility index (Phi) is 3.47. The SMILES string of the molecule is CC1CCCCCC1n1cnc2ccc(C(=O)O)cc21. The van der Waals surface area contributed by atoms with Crippen molar-refractivity contribution >= 4 is 17.0 Å². The van der Waals surface area contributed by atoms with Crippen molar-refractivity contribution in [1.82, 2.24) is 9.55 Å². The number of imidazole rings is 1. The molecule has 1 aliphatic carbocycles. The van der Waals surface area contributed by atoms with Crippen molar-refractivity contribution < 1.29 is 9.90 Å². The lowest BCUT2D eigenvalue weighted by atomic mass is 9.96. The first-order valence-corrected chi connectivity index (χ1v) is 7.36. The Hall–Kier alpha value is -1.84. The number of hydrogen-bond donors (Lipinski definition) is 1. The summed E-state index contributed by atoms with van der Waals surface area (Å²) >= 11 is 0. The molecule has 4 nitrogen and oxygen atoms in total. The normalized spacial score (nSPS) is 23.6. The van der Waals surface area contributed by atoms with Crippen LogP contribution in [0.25, 0.3) is 11.0 Å². The number of rotatable bonds is 2. The van der Waals surface area contributed by atoms with Crippen LogP contribution in [0.5, 0.6) is 0 Å². The predicted octanol–water partition coefficient (Wildman–Crippen LogP) is 3.88. The van der Waals surface area contributed by atoms with Crippen molar-refractivity contribution in [1.29, 1.82) is 0 Å². The fraction of sp³-hybridized carbons (Fsp3) is 0.500. The Bertz CT molecular complexity index is 632. The third-order valence-corrected chi connectivity index (χ3v) is 4.50. The number of aromatic carboxylic acids is 1. The zero-order valence-electron chi connectivity index (χ0n) is 11.7. The van der Waals surface area contributed by atoms with Crippen molar-refractivity contribution in [3.05, 3.63) is 30.1 Å². The largest absolute Gasteiger partial charge is 0.478 e. The Balaban J connectivity index is 2.05. The summed E-state index contributed by atoms with van der Waals surface area (Å²) in [6.45, 7) is 2.29. The van der Waals surface area contributed by atoms with Gasteiger partial charge in [0.1, 0.15) is 0 Å². The molecular formula is C16H20N2O2. The van der Waals surface area contributed by atoms with Crippen LogP contribution >= 0.6 is 0 Å². The number of hydrogen-bond acceptors (Lipinski definition) is 2. The van der Waals surface area contributed by atoms with Crippen LogP contribution in [0.1, 0.15) is 55.4 Å². The zero-order valence-corrected chi connectivity index (χ0v) is 11.7. The molecule has 1 fully saturated rings. The standard InChI is InChI=1S/C16H20N2O2/c1-11-5-3-2-4-6-14(11)18-10-17-13-8-7-12(16(19)20)9-15(13)18/h7-11,14H,2-6H2,1H3,(H,19,20). The van der Waals surface area contributed by atoms with Crippen molar-refractivity contribution in [3.63, 3.8) is 0 Å². The van der Waals surface area contributed by atoms with Gasteiger partial charge in [0.2, 0.25) is 0 Å². The molecule has 1 aliphatic rings. The summed E-state index contributed by atoms with van der Waals surface area (Å²) in [5.74, 6) is -0.267. The molecule has 106 valence electrons. The number of carbonyl (C=O) groups is 1. The number of aromatic nitrogens is 2. The van der Waals surface area contributed by atoms with Crippen LogP contribution in [0.4, 0.5) is 0 Å². The number of carboxylic acid groups (broad SMARTS) is 1. The molecule has 1 heterocycles. The molecule has 20 heavy (non-hydrogen) atoms.